The van der Waals surface area contributed by atoms with Gasteiger partial charge in [-0.25, -0.2) is 9.18 Å². The Morgan fingerprint density at radius 1 is 1.14 bits per heavy atom. The zero-order valence-corrected chi connectivity index (χ0v) is 12.8. The minimum Gasteiger partial charge on any atom is -0.457 e. The predicted molar refractivity (Wildman–Crippen MR) is 81.4 cm³/mol. The van der Waals surface area contributed by atoms with Crippen LogP contribution >= 0.6 is 34.8 Å². The molecule has 110 valence electrons. The number of esters is 1. The van der Waals surface area contributed by atoms with Gasteiger partial charge in [0.25, 0.3) is 0 Å². The number of halogens is 4. The zero-order chi connectivity index (χ0) is 15.6. The van der Waals surface area contributed by atoms with Crippen LogP contribution in [0.4, 0.5) is 10.1 Å². The summed E-state index contributed by atoms with van der Waals surface area (Å²) in [7, 11) is 0. The van der Waals surface area contributed by atoms with Gasteiger partial charge in [0.15, 0.2) is 0 Å². The van der Waals surface area contributed by atoms with Crippen LogP contribution in [0.2, 0.25) is 15.1 Å². The number of nitrogens with two attached hydrogens (primary N) is 1. The first-order valence-corrected chi connectivity index (χ1v) is 6.87. The van der Waals surface area contributed by atoms with Crippen LogP contribution in [0.3, 0.4) is 0 Å². The van der Waals surface area contributed by atoms with Crippen molar-refractivity contribution in [1.29, 1.82) is 0 Å². The summed E-state index contributed by atoms with van der Waals surface area (Å²) in [6, 6.07) is 6.90. The fourth-order valence-corrected chi connectivity index (χ4v) is 2.15. The molecule has 0 radical (unpaired) electrons. The lowest BCUT2D eigenvalue weighted by Crippen LogP contribution is -2.07. The standard InChI is InChI=1S/C14H9Cl3FNO2/c15-10-2-1-7(3-12(10)18)6-21-14(20)9-4-8(19)5-11(16)13(9)17/h1-5H,6,19H2. The Morgan fingerprint density at radius 2 is 1.86 bits per heavy atom. The number of carbonyl (C=O) groups excluding carboxylic acids is 1. The van der Waals surface area contributed by atoms with Gasteiger partial charge in [-0.15, -0.1) is 0 Å². The molecule has 0 aliphatic rings. The number of benzene rings is 2. The number of ether oxygens (including phenoxy) is 1. The van der Waals surface area contributed by atoms with Crippen molar-refractivity contribution in [2.24, 2.45) is 0 Å². The Morgan fingerprint density at radius 3 is 2.52 bits per heavy atom. The Labute approximate surface area is 135 Å². The summed E-state index contributed by atoms with van der Waals surface area (Å²) in [6.45, 7) is -0.129. The molecule has 0 aromatic heterocycles. The van der Waals surface area contributed by atoms with E-state index in [0.717, 1.165) is 0 Å². The van der Waals surface area contributed by atoms with Crippen LogP contribution in [0.25, 0.3) is 0 Å². The highest BCUT2D eigenvalue weighted by Gasteiger charge is 2.16. The SMILES string of the molecule is Nc1cc(Cl)c(Cl)c(C(=O)OCc2ccc(Cl)c(F)c2)c1. The summed E-state index contributed by atoms with van der Waals surface area (Å²) in [5, 5.41) is 0.204. The summed E-state index contributed by atoms with van der Waals surface area (Å²) in [4.78, 5) is 12.0. The van der Waals surface area contributed by atoms with E-state index < -0.39 is 11.8 Å². The number of hydrogen-bond donors (Lipinski definition) is 1. The van der Waals surface area contributed by atoms with E-state index in [2.05, 4.69) is 0 Å². The van der Waals surface area contributed by atoms with Crippen LogP contribution in [0.15, 0.2) is 30.3 Å². The average Bonchev–Trinajstić information content (AvgIpc) is 2.43. The van der Waals surface area contributed by atoms with Crippen LogP contribution in [0.5, 0.6) is 0 Å². The molecule has 0 spiro atoms. The number of hydrogen-bond acceptors (Lipinski definition) is 3. The normalized spacial score (nSPS) is 10.5. The molecule has 0 saturated heterocycles. The molecule has 0 bridgehead atoms. The Bertz CT molecular complexity index is 707. The van der Waals surface area contributed by atoms with Crippen LogP contribution in [0.1, 0.15) is 15.9 Å². The third-order valence-corrected chi connectivity index (χ3v) is 3.73. The Hall–Kier alpha value is -1.49. The minimum atomic E-state index is -0.704. The number of anilines is 1. The lowest BCUT2D eigenvalue weighted by Gasteiger charge is -2.08. The summed E-state index contributed by atoms with van der Waals surface area (Å²) >= 11 is 17.3. The smallest absolute Gasteiger partial charge is 0.340 e. The second-order valence-corrected chi connectivity index (χ2v) is 5.38. The Balaban J connectivity index is 2.13. The predicted octanol–water partition coefficient (Wildman–Crippen LogP) is 4.73. The Kier molecular flexibility index (Phi) is 4.93. The van der Waals surface area contributed by atoms with Crippen molar-refractivity contribution in [3.05, 3.63) is 62.3 Å². The second kappa shape index (κ2) is 6.52. The van der Waals surface area contributed by atoms with Gasteiger partial charge in [-0.2, -0.15) is 0 Å². The fourth-order valence-electron chi connectivity index (χ4n) is 1.61. The van der Waals surface area contributed by atoms with Gasteiger partial charge in [0.1, 0.15) is 12.4 Å². The van der Waals surface area contributed by atoms with Crippen molar-refractivity contribution in [2.75, 3.05) is 5.73 Å². The largest absolute Gasteiger partial charge is 0.457 e. The molecule has 0 saturated carbocycles. The van der Waals surface area contributed by atoms with Gasteiger partial charge >= 0.3 is 5.97 Å². The highest BCUT2D eigenvalue weighted by Crippen LogP contribution is 2.29. The van der Waals surface area contributed by atoms with Gasteiger partial charge in [0, 0.05) is 5.69 Å². The maximum Gasteiger partial charge on any atom is 0.340 e. The first-order valence-electron chi connectivity index (χ1n) is 5.74. The van der Waals surface area contributed by atoms with E-state index in [1.165, 1.54) is 24.3 Å². The van der Waals surface area contributed by atoms with Gasteiger partial charge < -0.3 is 10.5 Å². The lowest BCUT2D eigenvalue weighted by atomic mass is 10.2. The summed E-state index contributed by atoms with van der Waals surface area (Å²) < 4.78 is 18.3. The minimum absolute atomic E-state index is 0.00395. The quantitative estimate of drug-likeness (QED) is 0.644. The van der Waals surface area contributed by atoms with E-state index >= 15 is 0 Å². The molecule has 0 atom stereocenters. The molecule has 2 aromatic carbocycles. The maximum absolute atomic E-state index is 13.3. The lowest BCUT2D eigenvalue weighted by molar-refractivity contribution is 0.0472. The van der Waals surface area contributed by atoms with Crippen molar-refractivity contribution in [3.8, 4) is 0 Å². The molecule has 0 fully saturated rings. The van der Waals surface area contributed by atoms with E-state index in [-0.39, 0.29) is 32.9 Å². The molecule has 0 amide bonds. The van der Waals surface area contributed by atoms with Gasteiger partial charge in [-0.3, -0.25) is 0 Å². The van der Waals surface area contributed by atoms with E-state index in [1.807, 2.05) is 0 Å². The third kappa shape index (κ3) is 3.79. The molecule has 2 aromatic rings. The first-order chi connectivity index (χ1) is 9.88. The van der Waals surface area contributed by atoms with Crippen LogP contribution in [-0.2, 0) is 11.3 Å². The van der Waals surface area contributed by atoms with Gasteiger partial charge in [-0.1, -0.05) is 40.9 Å². The van der Waals surface area contributed by atoms with Gasteiger partial charge in [0.2, 0.25) is 0 Å². The first kappa shape index (κ1) is 15.9. The molecule has 0 heterocycles. The third-order valence-electron chi connectivity index (χ3n) is 2.62. The summed E-state index contributed by atoms with van der Waals surface area (Å²) in [5.41, 5.74) is 6.39. The van der Waals surface area contributed by atoms with Crippen LogP contribution in [0, 0.1) is 5.82 Å². The summed E-state index contributed by atoms with van der Waals surface area (Å²) in [5.74, 6) is -1.29. The van der Waals surface area contributed by atoms with Crippen LogP contribution in [-0.4, -0.2) is 5.97 Å². The number of nitrogen functional groups attached to an aromatic ring is 1. The highest BCUT2D eigenvalue weighted by molar-refractivity contribution is 6.44. The van der Waals surface area contributed by atoms with Crippen LogP contribution < -0.4 is 5.73 Å². The number of rotatable bonds is 3. The maximum atomic E-state index is 13.3. The van der Waals surface area contributed by atoms with Crippen molar-refractivity contribution in [3.63, 3.8) is 0 Å². The molecule has 0 unspecified atom stereocenters. The van der Waals surface area contributed by atoms with Crippen molar-refractivity contribution < 1.29 is 13.9 Å². The fraction of sp³-hybridized carbons (Fsp3) is 0.0714. The van der Waals surface area contributed by atoms with E-state index in [9.17, 15) is 9.18 Å². The molecule has 0 aliphatic carbocycles. The molecular weight excluding hydrogens is 340 g/mol. The monoisotopic (exact) mass is 347 g/mol. The number of carbonyl (C=O) groups is 1. The van der Waals surface area contributed by atoms with E-state index in [1.54, 1.807) is 6.07 Å². The molecular formula is C14H9Cl3FNO2. The second-order valence-electron chi connectivity index (χ2n) is 4.19. The van der Waals surface area contributed by atoms with Gasteiger partial charge in [0.05, 0.1) is 20.6 Å². The topological polar surface area (TPSA) is 52.3 Å². The van der Waals surface area contributed by atoms with E-state index in [4.69, 9.17) is 45.3 Å². The molecule has 2 rings (SSSR count). The average molecular weight is 349 g/mol. The van der Waals surface area contributed by atoms with E-state index in [0.29, 0.717) is 5.56 Å². The molecule has 0 aliphatic heterocycles. The van der Waals surface area contributed by atoms with Crippen molar-refractivity contribution in [2.45, 2.75) is 6.61 Å². The molecule has 3 nitrogen and oxygen atoms in total. The molecule has 21 heavy (non-hydrogen) atoms. The molecule has 2 N–H and O–H groups in total. The summed E-state index contributed by atoms with van der Waals surface area (Å²) in [6.07, 6.45) is 0. The van der Waals surface area contributed by atoms with Crippen molar-refractivity contribution in [1.82, 2.24) is 0 Å². The highest BCUT2D eigenvalue weighted by atomic mass is 35.5. The van der Waals surface area contributed by atoms with Gasteiger partial charge in [-0.05, 0) is 29.8 Å². The zero-order valence-electron chi connectivity index (χ0n) is 10.5. The molecule has 7 heteroatoms. The van der Waals surface area contributed by atoms with Crippen molar-refractivity contribution >= 4 is 46.5 Å².